The molecule has 17 heavy (non-hydrogen) atoms. The van der Waals surface area contributed by atoms with E-state index in [2.05, 4.69) is 12.2 Å². The number of carbonyl (C=O) groups is 1. The summed E-state index contributed by atoms with van der Waals surface area (Å²) in [4.78, 5) is 12.0. The second-order valence-corrected chi connectivity index (χ2v) is 5.21. The minimum Gasteiger partial charge on any atom is -0.351 e. The highest BCUT2D eigenvalue weighted by Crippen LogP contribution is 2.39. The third-order valence-corrected chi connectivity index (χ3v) is 3.72. The summed E-state index contributed by atoms with van der Waals surface area (Å²) >= 11 is 0. The van der Waals surface area contributed by atoms with Gasteiger partial charge in [-0.15, -0.1) is 0 Å². The van der Waals surface area contributed by atoms with Gasteiger partial charge in [0.25, 0.3) is 5.91 Å². The summed E-state index contributed by atoms with van der Waals surface area (Å²) in [5.74, 6) is -0.000764. The number of hydrogen-bond donors (Lipinski definition) is 2. The van der Waals surface area contributed by atoms with Gasteiger partial charge in [-0.1, -0.05) is 31.5 Å². The molecule has 3 heteroatoms. The van der Waals surface area contributed by atoms with Crippen molar-refractivity contribution in [3.63, 3.8) is 0 Å². The average Bonchev–Trinajstić information content (AvgIpc) is 2.33. The second kappa shape index (κ2) is 4.88. The topological polar surface area (TPSA) is 55.1 Å². The molecule has 0 aromatic heterocycles. The molecular weight excluding hydrogens is 212 g/mol. The molecule has 0 atom stereocenters. The van der Waals surface area contributed by atoms with Gasteiger partial charge in [0.15, 0.2) is 0 Å². The molecular formula is C14H20N2O. The summed E-state index contributed by atoms with van der Waals surface area (Å²) < 4.78 is 0. The summed E-state index contributed by atoms with van der Waals surface area (Å²) in [7, 11) is 0. The number of amides is 1. The Morgan fingerprint density at radius 1 is 1.41 bits per heavy atom. The number of benzene rings is 1. The van der Waals surface area contributed by atoms with Crippen LogP contribution in [0.25, 0.3) is 0 Å². The van der Waals surface area contributed by atoms with Crippen LogP contribution in [0.1, 0.15) is 42.1 Å². The fourth-order valence-corrected chi connectivity index (χ4v) is 2.27. The molecule has 1 saturated carbocycles. The largest absolute Gasteiger partial charge is 0.351 e. The number of rotatable bonds is 4. The maximum Gasteiger partial charge on any atom is 0.251 e. The molecule has 92 valence electrons. The molecule has 0 spiro atoms. The van der Waals surface area contributed by atoms with Gasteiger partial charge in [0.2, 0.25) is 0 Å². The van der Waals surface area contributed by atoms with Gasteiger partial charge < -0.3 is 11.1 Å². The molecule has 0 heterocycles. The average molecular weight is 232 g/mol. The first-order valence-electron chi connectivity index (χ1n) is 6.21. The van der Waals surface area contributed by atoms with E-state index < -0.39 is 0 Å². The van der Waals surface area contributed by atoms with Crippen molar-refractivity contribution in [3.05, 3.63) is 35.4 Å². The van der Waals surface area contributed by atoms with Crippen LogP contribution in [0.2, 0.25) is 0 Å². The van der Waals surface area contributed by atoms with Crippen LogP contribution in [-0.2, 0) is 6.54 Å². The first kappa shape index (κ1) is 12.1. The van der Waals surface area contributed by atoms with E-state index in [0.29, 0.717) is 17.5 Å². The summed E-state index contributed by atoms with van der Waals surface area (Å²) in [6, 6.07) is 7.52. The van der Waals surface area contributed by atoms with Gasteiger partial charge in [-0.2, -0.15) is 0 Å². The molecule has 2 rings (SSSR count). The van der Waals surface area contributed by atoms with E-state index in [4.69, 9.17) is 5.73 Å². The van der Waals surface area contributed by atoms with Crippen LogP contribution in [0.15, 0.2) is 24.3 Å². The third-order valence-electron chi connectivity index (χ3n) is 3.72. The summed E-state index contributed by atoms with van der Waals surface area (Å²) in [6.45, 7) is 3.40. The minimum atomic E-state index is -0.000764. The molecule has 1 fully saturated rings. The van der Waals surface area contributed by atoms with Crippen molar-refractivity contribution in [2.75, 3.05) is 6.54 Å². The predicted octanol–water partition coefficient (Wildman–Crippen LogP) is 2.07. The van der Waals surface area contributed by atoms with Crippen molar-refractivity contribution < 1.29 is 4.79 Å². The number of hydrogen-bond acceptors (Lipinski definition) is 2. The quantitative estimate of drug-likeness (QED) is 0.835. The van der Waals surface area contributed by atoms with Gasteiger partial charge in [0.1, 0.15) is 0 Å². The lowest BCUT2D eigenvalue weighted by molar-refractivity contribution is 0.0890. The molecule has 0 saturated heterocycles. The van der Waals surface area contributed by atoms with Crippen molar-refractivity contribution in [2.45, 2.75) is 32.7 Å². The highest BCUT2D eigenvalue weighted by atomic mass is 16.1. The van der Waals surface area contributed by atoms with Crippen LogP contribution < -0.4 is 11.1 Å². The highest BCUT2D eigenvalue weighted by Gasteiger charge is 2.31. The Morgan fingerprint density at radius 2 is 2.12 bits per heavy atom. The Balaban J connectivity index is 1.99. The van der Waals surface area contributed by atoms with Gasteiger partial charge in [0.05, 0.1) is 0 Å². The fourth-order valence-electron chi connectivity index (χ4n) is 2.27. The molecule has 0 bridgehead atoms. The van der Waals surface area contributed by atoms with Crippen molar-refractivity contribution in [1.82, 2.24) is 5.32 Å². The zero-order valence-corrected chi connectivity index (χ0v) is 10.3. The molecule has 0 unspecified atom stereocenters. The summed E-state index contributed by atoms with van der Waals surface area (Å²) in [5.41, 5.74) is 7.55. The van der Waals surface area contributed by atoms with E-state index in [1.54, 1.807) is 0 Å². The Kier molecular flexibility index (Phi) is 3.48. The molecule has 0 aliphatic heterocycles. The Labute approximate surface area is 102 Å². The van der Waals surface area contributed by atoms with E-state index in [1.165, 1.54) is 19.3 Å². The van der Waals surface area contributed by atoms with Crippen LogP contribution in [0.3, 0.4) is 0 Å². The lowest BCUT2D eigenvalue weighted by atomic mass is 9.70. The van der Waals surface area contributed by atoms with E-state index in [0.717, 1.165) is 12.1 Å². The monoisotopic (exact) mass is 232 g/mol. The standard InChI is InChI=1S/C14H20N2O/c1-14(7-4-8-14)10-16-13(17)12-6-3-2-5-11(12)9-15/h2-3,5-6H,4,7-10,15H2,1H3,(H,16,17). The van der Waals surface area contributed by atoms with Crippen molar-refractivity contribution >= 4 is 5.91 Å². The minimum absolute atomic E-state index is 0.000764. The number of carbonyl (C=O) groups excluding carboxylic acids is 1. The Bertz CT molecular complexity index is 410. The second-order valence-electron chi connectivity index (χ2n) is 5.21. The van der Waals surface area contributed by atoms with Crippen molar-refractivity contribution in [3.8, 4) is 0 Å². The first-order valence-corrected chi connectivity index (χ1v) is 6.21. The summed E-state index contributed by atoms with van der Waals surface area (Å²) in [6.07, 6.45) is 3.71. The third kappa shape index (κ3) is 2.67. The predicted molar refractivity (Wildman–Crippen MR) is 68.6 cm³/mol. The van der Waals surface area contributed by atoms with E-state index in [1.807, 2.05) is 24.3 Å². The molecule has 1 amide bonds. The number of nitrogens with one attached hydrogen (secondary N) is 1. The van der Waals surface area contributed by atoms with Crippen LogP contribution in [0.5, 0.6) is 0 Å². The van der Waals surface area contributed by atoms with Gasteiger partial charge in [0, 0.05) is 18.7 Å². The Morgan fingerprint density at radius 3 is 2.71 bits per heavy atom. The fraction of sp³-hybridized carbons (Fsp3) is 0.500. The first-order chi connectivity index (χ1) is 8.14. The van der Waals surface area contributed by atoms with Crippen LogP contribution in [0.4, 0.5) is 0 Å². The SMILES string of the molecule is CC1(CNC(=O)c2ccccc2CN)CCC1. The van der Waals surface area contributed by atoms with Crippen LogP contribution in [0, 0.1) is 5.41 Å². The van der Waals surface area contributed by atoms with Gasteiger partial charge in [-0.05, 0) is 29.9 Å². The normalized spacial score (nSPS) is 17.3. The maximum atomic E-state index is 12.0. The lowest BCUT2D eigenvalue weighted by Crippen LogP contribution is -2.40. The van der Waals surface area contributed by atoms with E-state index >= 15 is 0 Å². The number of nitrogens with two attached hydrogens (primary N) is 1. The molecule has 3 N–H and O–H groups in total. The molecule has 1 aromatic rings. The van der Waals surface area contributed by atoms with Gasteiger partial charge in [-0.25, -0.2) is 0 Å². The van der Waals surface area contributed by atoms with E-state index in [-0.39, 0.29) is 5.91 Å². The zero-order valence-electron chi connectivity index (χ0n) is 10.3. The molecule has 0 radical (unpaired) electrons. The van der Waals surface area contributed by atoms with Crippen LogP contribution in [-0.4, -0.2) is 12.5 Å². The summed E-state index contributed by atoms with van der Waals surface area (Å²) in [5, 5.41) is 3.02. The molecule has 1 aliphatic rings. The van der Waals surface area contributed by atoms with Crippen molar-refractivity contribution in [2.24, 2.45) is 11.1 Å². The lowest BCUT2D eigenvalue weighted by Gasteiger charge is -2.38. The Hall–Kier alpha value is -1.35. The molecule has 3 nitrogen and oxygen atoms in total. The highest BCUT2D eigenvalue weighted by molar-refractivity contribution is 5.95. The zero-order chi connectivity index (χ0) is 12.3. The van der Waals surface area contributed by atoms with Gasteiger partial charge in [-0.3, -0.25) is 4.79 Å². The maximum absolute atomic E-state index is 12.0. The smallest absolute Gasteiger partial charge is 0.251 e. The van der Waals surface area contributed by atoms with Crippen LogP contribution >= 0.6 is 0 Å². The van der Waals surface area contributed by atoms with Crippen molar-refractivity contribution in [1.29, 1.82) is 0 Å². The van der Waals surface area contributed by atoms with Gasteiger partial charge >= 0.3 is 0 Å². The van der Waals surface area contributed by atoms with E-state index in [9.17, 15) is 4.79 Å². The molecule has 1 aliphatic carbocycles. The molecule has 1 aromatic carbocycles.